The molecule has 0 unspecified atom stereocenters. The minimum atomic E-state index is -0.893. The van der Waals surface area contributed by atoms with Gasteiger partial charge >= 0.3 is 0 Å². The standard InChI is InChI=1S/C18H31ClNO3Si/c1-14(11-18(2,3)4)20(23-24(5)6)12-16(21)13-22-17-9-7-8-15(19)10-17/h7-10,14,16,21H,11-13H2,1-6H3/t14-,16-/m0/s1. The van der Waals surface area contributed by atoms with Gasteiger partial charge < -0.3 is 14.4 Å². The number of ether oxygens (including phenoxy) is 1. The zero-order chi connectivity index (χ0) is 18.3. The summed E-state index contributed by atoms with van der Waals surface area (Å²) in [6.07, 6.45) is 0.358. The zero-order valence-electron chi connectivity index (χ0n) is 15.7. The van der Waals surface area contributed by atoms with Gasteiger partial charge in [0.1, 0.15) is 18.5 Å². The molecule has 0 spiro atoms. The van der Waals surface area contributed by atoms with Gasteiger partial charge in [0.25, 0.3) is 0 Å². The Kier molecular flexibility index (Phi) is 8.74. The van der Waals surface area contributed by atoms with Crippen molar-refractivity contribution in [2.45, 2.75) is 59.4 Å². The molecular weight excluding hydrogens is 342 g/mol. The van der Waals surface area contributed by atoms with Gasteiger partial charge in [-0.25, -0.2) is 0 Å². The molecule has 0 saturated heterocycles. The molecule has 0 heterocycles. The van der Waals surface area contributed by atoms with E-state index in [1.165, 1.54) is 0 Å². The number of aliphatic hydroxyl groups is 1. The Balaban J connectivity index is 2.58. The third kappa shape index (κ3) is 9.04. The first-order chi connectivity index (χ1) is 11.1. The van der Waals surface area contributed by atoms with Gasteiger partial charge in [-0.3, -0.25) is 0 Å². The quantitative estimate of drug-likeness (QED) is 0.515. The Hall–Kier alpha value is -0.593. The molecule has 6 heteroatoms. The van der Waals surface area contributed by atoms with Crippen molar-refractivity contribution in [1.82, 2.24) is 5.06 Å². The molecular formula is C18H31ClNO3Si. The lowest BCUT2D eigenvalue weighted by atomic mass is 9.88. The topological polar surface area (TPSA) is 41.9 Å². The molecule has 1 radical (unpaired) electrons. The number of hydroxylamine groups is 2. The van der Waals surface area contributed by atoms with E-state index >= 15 is 0 Å². The lowest BCUT2D eigenvalue weighted by Gasteiger charge is -2.35. The van der Waals surface area contributed by atoms with E-state index in [1.54, 1.807) is 12.1 Å². The van der Waals surface area contributed by atoms with E-state index in [2.05, 4.69) is 40.8 Å². The molecule has 0 amide bonds. The number of aliphatic hydroxyl groups excluding tert-OH is 1. The molecule has 2 atom stereocenters. The number of rotatable bonds is 9. The van der Waals surface area contributed by atoms with E-state index in [-0.39, 0.29) is 18.1 Å². The third-order valence-corrected chi connectivity index (χ3v) is 4.16. The Morgan fingerprint density at radius 3 is 2.50 bits per heavy atom. The summed E-state index contributed by atoms with van der Waals surface area (Å²) in [5.74, 6) is 0.660. The van der Waals surface area contributed by atoms with Gasteiger partial charge in [0.2, 0.25) is 9.04 Å². The second-order valence-electron chi connectivity index (χ2n) is 7.64. The van der Waals surface area contributed by atoms with E-state index in [4.69, 9.17) is 20.9 Å². The van der Waals surface area contributed by atoms with Crippen LogP contribution in [0, 0.1) is 5.41 Å². The molecule has 0 aliphatic heterocycles. The van der Waals surface area contributed by atoms with Crippen LogP contribution in [0.2, 0.25) is 18.1 Å². The maximum Gasteiger partial charge on any atom is 0.235 e. The van der Waals surface area contributed by atoms with Crippen molar-refractivity contribution in [3.63, 3.8) is 0 Å². The average molecular weight is 373 g/mol. The summed E-state index contributed by atoms with van der Waals surface area (Å²) in [6.45, 7) is 13.6. The molecule has 0 aromatic heterocycles. The maximum atomic E-state index is 10.3. The van der Waals surface area contributed by atoms with Crippen LogP contribution < -0.4 is 4.74 Å². The molecule has 0 aliphatic rings. The minimum absolute atomic E-state index is 0.206. The first-order valence-corrected chi connectivity index (χ1v) is 11.2. The van der Waals surface area contributed by atoms with Crippen molar-refractivity contribution in [2.75, 3.05) is 13.2 Å². The summed E-state index contributed by atoms with van der Waals surface area (Å²) in [7, 11) is -0.893. The largest absolute Gasteiger partial charge is 0.491 e. The fraction of sp³-hybridized carbons (Fsp3) is 0.667. The van der Waals surface area contributed by atoms with E-state index in [0.29, 0.717) is 17.3 Å². The van der Waals surface area contributed by atoms with Gasteiger partial charge in [-0.05, 0) is 50.1 Å². The van der Waals surface area contributed by atoms with Gasteiger partial charge in [-0.1, -0.05) is 38.4 Å². The van der Waals surface area contributed by atoms with Crippen LogP contribution >= 0.6 is 11.6 Å². The summed E-state index contributed by atoms with van der Waals surface area (Å²) in [6, 6.07) is 7.41. The lowest BCUT2D eigenvalue weighted by Crippen LogP contribution is -2.44. The van der Waals surface area contributed by atoms with Crippen LogP contribution in [0.25, 0.3) is 0 Å². The smallest absolute Gasteiger partial charge is 0.235 e. The van der Waals surface area contributed by atoms with Crippen molar-refractivity contribution in [2.24, 2.45) is 5.41 Å². The molecule has 1 N–H and O–H groups in total. The van der Waals surface area contributed by atoms with E-state index < -0.39 is 15.1 Å². The van der Waals surface area contributed by atoms with Crippen LogP contribution in [-0.2, 0) is 4.53 Å². The van der Waals surface area contributed by atoms with Crippen LogP contribution in [0.1, 0.15) is 34.1 Å². The molecule has 0 saturated carbocycles. The highest BCUT2D eigenvalue weighted by Crippen LogP contribution is 2.24. The van der Waals surface area contributed by atoms with Crippen LogP contribution in [0.5, 0.6) is 5.75 Å². The van der Waals surface area contributed by atoms with Crippen LogP contribution in [0.3, 0.4) is 0 Å². The van der Waals surface area contributed by atoms with Gasteiger partial charge in [-0.2, -0.15) is 5.06 Å². The van der Waals surface area contributed by atoms with Crippen molar-refractivity contribution < 1.29 is 14.4 Å². The summed E-state index contributed by atoms with van der Waals surface area (Å²) in [4.78, 5) is 0. The minimum Gasteiger partial charge on any atom is -0.491 e. The molecule has 1 aromatic carbocycles. The maximum absolute atomic E-state index is 10.3. The molecule has 1 aromatic rings. The first kappa shape index (κ1) is 21.4. The predicted octanol–water partition coefficient (Wildman–Crippen LogP) is 4.39. The summed E-state index contributed by atoms with van der Waals surface area (Å²) in [5, 5.41) is 12.9. The second kappa shape index (κ2) is 9.78. The SMILES string of the molecule is C[C@@H](CC(C)(C)C)N(C[C@H](O)COc1cccc(Cl)c1)O[Si](C)C. The van der Waals surface area contributed by atoms with Gasteiger partial charge in [0, 0.05) is 11.1 Å². The van der Waals surface area contributed by atoms with Gasteiger partial charge in [-0.15, -0.1) is 0 Å². The van der Waals surface area contributed by atoms with Gasteiger partial charge in [0.05, 0.1) is 6.54 Å². The normalized spacial score (nSPS) is 14.9. The Bertz CT molecular complexity index is 493. The monoisotopic (exact) mass is 372 g/mol. The zero-order valence-corrected chi connectivity index (χ0v) is 17.4. The highest BCUT2D eigenvalue weighted by atomic mass is 35.5. The Morgan fingerprint density at radius 1 is 1.29 bits per heavy atom. The molecule has 0 aliphatic carbocycles. The first-order valence-electron chi connectivity index (χ1n) is 8.38. The fourth-order valence-corrected chi connectivity index (χ4v) is 3.44. The van der Waals surface area contributed by atoms with Crippen molar-refractivity contribution in [1.29, 1.82) is 0 Å². The highest BCUT2D eigenvalue weighted by Gasteiger charge is 2.24. The number of benzene rings is 1. The molecule has 1 rings (SSSR count). The third-order valence-electron chi connectivity index (χ3n) is 3.33. The van der Waals surface area contributed by atoms with E-state index in [0.717, 1.165) is 6.42 Å². The summed E-state index contributed by atoms with van der Waals surface area (Å²) in [5.41, 5.74) is 0.206. The summed E-state index contributed by atoms with van der Waals surface area (Å²) >= 11 is 5.94. The van der Waals surface area contributed by atoms with Crippen molar-refractivity contribution >= 4 is 20.6 Å². The fourth-order valence-electron chi connectivity index (χ4n) is 2.54. The molecule has 4 nitrogen and oxygen atoms in total. The number of halogens is 1. The Morgan fingerprint density at radius 2 is 1.96 bits per heavy atom. The van der Waals surface area contributed by atoms with Crippen LogP contribution in [-0.4, -0.2) is 44.5 Å². The number of nitrogens with zero attached hydrogens (tertiary/aromatic N) is 1. The van der Waals surface area contributed by atoms with Crippen molar-refractivity contribution in [3.05, 3.63) is 29.3 Å². The lowest BCUT2D eigenvalue weighted by molar-refractivity contribution is -0.127. The second-order valence-corrected chi connectivity index (χ2v) is 10.1. The highest BCUT2D eigenvalue weighted by molar-refractivity contribution is 6.48. The molecule has 24 heavy (non-hydrogen) atoms. The van der Waals surface area contributed by atoms with E-state index in [1.807, 2.05) is 17.2 Å². The Labute approximate surface area is 153 Å². The number of hydrogen-bond acceptors (Lipinski definition) is 4. The van der Waals surface area contributed by atoms with Crippen molar-refractivity contribution in [3.8, 4) is 5.75 Å². The number of hydrogen-bond donors (Lipinski definition) is 1. The molecule has 137 valence electrons. The summed E-state index contributed by atoms with van der Waals surface area (Å²) < 4.78 is 11.6. The average Bonchev–Trinajstić information content (AvgIpc) is 2.42. The van der Waals surface area contributed by atoms with Gasteiger partial charge in [0.15, 0.2) is 0 Å². The van der Waals surface area contributed by atoms with E-state index in [9.17, 15) is 5.11 Å². The van der Waals surface area contributed by atoms with Crippen LogP contribution in [0.4, 0.5) is 0 Å². The predicted molar refractivity (Wildman–Crippen MR) is 102 cm³/mol. The molecule has 0 fully saturated rings. The van der Waals surface area contributed by atoms with Crippen LogP contribution in [0.15, 0.2) is 24.3 Å². The molecule has 0 bridgehead atoms.